The number of hydrogen-bond donors (Lipinski definition) is 3. The van der Waals surface area contributed by atoms with E-state index in [1.807, 2.05) is 20.8 Å². The number of carbonyl (C=O) groups is 2. The lowest BCUT2D eigenvalue weighted by Crippen LogP contribution is -2.48. The highest BCUT2D eigenvalue weighted by Crippen LogP contribution is 2.38. The number of hydrogen-bond acceptors (Lipinski definition) is 5. The summed E-state index contributed by atoms with van der Waals surface area (Å²) in [6.07, 6.45) is 2.38. The molecule has 10 heteroatoms. The Morgan fingerprint density at radius 3 is 2.55 bits per heavy atom. The van der Waals surface area contributed by atoms with Crippen molar-refractivity contribution in [2.45, 2.75) is 51.6 Å². The molecule has 0 spiro atoms. The Morgan fingerprint density at radius 1 is 1.33 bits per heavy atom. The van der Waals surface area contributed by atoms with E-state index in [2.05, 4.69) is 16.5 Å². The first-order valence-electron chi connectivity index (χ1n) is 10.8. The van der Waals surface area contributed by atoms with Gasteiger partial charge < -0.3 is 21.1 Å². The molecule has 176 valence electrons. The van der Waals surface area contributed by atoms with Crippen LogP contribution in [0.25, 0.3) is 0 Å². The average Bonchev–Trinajstić information content (AvgIpc) is 3.16. The van der Waals surface area contributed by atoms with E-state index < -0.39 is 23.4 Å². The predicted octanol–water partition coefficient (Wildman–Crippen LogP) is 4.12. The number of rotatable bonds is 6. The van der Waals surface area contributed by atoms with Gasteiger partial charge in [-0.3, -0.25) is 9.48 Å². The highest BCUT2D eigenvalue weighted by molar-refractivity contribution is 5.98. The summed E-state index contributed by atoms with van der Waals surface area (Å²) in [5.74, 6) is -1.17. The Balaban J connectivity index is 1.87. The van der Waals surface area contributed by atoms with E-state index in [1.165, 1.54) is 35.4 Å². The maximum Gasteiger partial charge on any atom is 0.407 e. The smallest absolute Gasteiger partial charge is 0.407 e. The van der Waals surface area contributed by atoms with Crippen molar-refractivity contribution in [3.63, 3.8) is 0 Å². The van der Waals surface area contributed by atoms with Crippen molar-refractivity contribution in [1.29, 1.82) is 5.26 Å². The minimum atomic E-state index is -0.984. The number of nitriles is 1. The second kappa shape index (κ2) is 9.48. The second-order valence-corrected chi connectivity index (χ2v) is 9.41. The van der Waals surface area contributed by atoms with Crippen LogP contribution in [0.2, 0.25) is 0 Å². The molecule has 2 amide bonds. The molecule has 1 aromatic heterocycles. The minimum absolute atomic E-state index is 0.0321. The van der Waals surface area contributed by atoms with Crippen LogP contribution in [-0.4, -0.2) is 43.9 Å². The Hall–Kier alpha value is -3.61. The molecule has 1 aliphatic carbocycles. The number of primary amides is 1. The Morgan fingerprint density at radius 2 is 2.00 bits per heavy atom. The number of nitrogens with one attached hydrogen (secondary N) is 1. The molecule has 3 atom stereocenters. The third-order valence-electron chi connectivity index (χ3n) is 6.02. The van der Waals surface area contributed by atoms with E-state index in [-0.39, 0.29) is 29.3 Å². The zero-order valence-corrected chi connectivity index (χ0v) is 19.0. The highest BCUT2D eigenvalue weighted by atomic mass is 19.1. The molecule has 33 heavy (non-hydrogen) atoms. The molecule has 2 aromatic rings. The molecule has 1 aromatic carbocycles. The number of nitrogens with two attached hydrogens (primary N) is 1. The number of amides is 2. The summed E-state index contributed by atoms with van der Waals surface area (Å²) in [5.41, 5.74) is 5.68. The van der Waals surface area contributed by atoms with E-state index >= 15 is 0 Å². The van der Waals surface area contributed by atoms with E-state index in [1.54, 1.807) is 4.68 Å². The number of nitrogens with zero attached hydrogens (tertiary/aromatic N) is 4. The zero-order valence-electron chi connectivity index (χ0n) is 19.0. The molecule has 0 aliphatic heterocycles. The number of aromatic nitrogens is 2. The Kier molecular flexibility index (Phi) is 6.91. The van der Waals surface area contributed by atoms with Crippen molar-refractivity contribution < 1.29 is 19.1 Å². The molecule has 9 nitrogen and oxygen atoms in total. The van der Waals surface area contributed by atoms with Crippen LogP contribution < -0.4 is 11.1 Å². The quantitative estimate of drug-likeness (QED) is 0.598. The number of benzene rings is 1. The first kappa shape index (κ1) is 24.0. The van der Waals surface area contributed by atoms with Gasteiger partial charge in [-0.05, 0) is 70.2 Å². The van der Waals surface area contributed by atoms with Crippen molar-refractivity contribution >= 4 is 23.5 Å². The van der Waals surface area contributed by atoms with Gasteiger partial charge >= 0.3 is 6.09 Å². The van der Waals surface area contributed by atoms with Crippen molar-refractivity contribution in [2.24, 2.45) is 17.6 Å². The summed E-state index contributed by atoms with van der Waals surface area (Å²) >= 11 is 0. The van der Waals surface area contributed by atoms with Crippen molar-refractivity contribution in [1.82, 2.24) is 14.7 Å². The van der Waals surface area contributed by atoms with Gasteiger partial charge in [0.25, 0.3) is 5.91 Å². The molecule has 0 saturated heterocycles. The Bertz CT molecular complexity index is 1050. The lowest BCUT2D eigenvalue weighted by Gasteiger charge is -2.39. The summed E-state index contributed by atoms with van der Waals surface area (Å²) in [7, 11) is 0. The summed E-state index contributed by atoms with van der Waals surface area (Å²) < 4.78 is 14.8. The van der Waals surface area contributed by atoms with Gasteiger partial charge in [-0.15, -0.1) is 0 Å². The Labute approximate surface area is 192 Å². The molecule has 1 aliphatic rings. The molecule has 1 saturated carbocycles. The fraction of sp³-hybridized carbons (Fsp3) is 0.478. The molecular weight excluding hydrogens is 427 g/mol. The van der Waals surface area contributed by atoms with Gasteiger partial charge in [0.15, 0.2) is 5.82 Å². The van der Waals surface area contributed by atoms with Gasteiger partial charge in [0, 0.05) is 24.0 Å². The van der Waals surface area contributed by atoms with E-state index in [4.69, 9.17) is 5.73 Å². The SMILES string of the molecule is CC(C)(C)N(CC1CCC(C#N)C(n2cc(C(N)=O)c(Nc3ccc(F)cc3)n2)C1)C(=O)O. The van der Waals surface area contributed by atoms with Crippen LogP contribution in [0.15, 0.2) is 30.5 Å². The standard InChI is InChI=1S/C23H29FN6O3/c1-23(2,3)29(22(32)33)12-14-4-5-15(11-25)19(10-14)30-13-18(20(26)31)21(28-30)27-17-8-6-16(24)7-9-17/h6-9,13-15,19H,4-5,10,12H2,1-3H3,(H2,26,31)(H,27,28)(H,32,33). The fourth-order valence-corrected chi connectivity index (χ4v) is 4.24. The summed E-state index contributed by atoms with van der Waals surface area (Å²) in [6.45, 7) is 5.89. The van der Waals surface area contributed by atoms with Gasteiger partial charge in [-0.1, -0.05) is 0 Å². The number of carboxylic acid groups (broad SMARTS) is 1. The minimum Gasteiger partial charge on any atom is -0.465 e. The molecule has 3 unspecified atom stereocenters. The average molecular weight is 457 g/mol. The number of halogens is 1. The van der Waals surface area contributed by atoms with Gasteiger partial charge in [-0.25, -0.2) is 9.18 Å². The summed E-state index contributed by atoms with van der Waals surface area (Å²) in [5, 5.41) is 26.8. The van der Waals surface area contributed by atoms with Crippen LogP contribution in [0, 0.1) is 29.0 Å². The van der Waals surface area contributed by atoms with E-state index in [0.29, 0.717) is 25.1 Å². The molecule has 0 radical (unpaired) electrons. The van der Waals surface area contributed by atoms with Crippen LogP contribution in [0.1, 0.15) is 56.4 Å². The van der Waals surface area contributed by atoms with Crippen molar-refractivity contribution in [3.8, 4) is 6.07 Å². The first-order chi connectivity index (χ1) is 15.5. The fourth-order valence-electron chi connectivity index (χ4n) is 4.24. The van der Waals surface area contributed by atoms with Crippen molar-refractivity contribution in [2.75, 3.05) is 11.9 Å². The predicted molar refractivity (Wildman–Crippen MR) is 120 cm³/mol. The largest absolute Gasteiger partial charge is 0.465 e. The summed E-state index contributed by atoms with van der Waals surface area (Å²) in [4.78, 5) is 25.2. The van der Waals surface area contributed by atoms with E-state index in [0.717, 1.165) is 6.42 Å². The molecule has 1 heterocycles. The first-order valence-corrected chi connectivity index (χ1v) is 10.8. The number of anilines is 2. The second-order valence-electron chi connectivity index (χ2n) is 9.41. The third-order valence-corrected chi connectivity index (χ3v) is 6.02. The van der Waals surface area contributed by atoms with Crippen LogP contribution in [-0.2, 0) is 0 Å². The van der Waals surface area contributed by atoms with Gasteiger partial charge in [0.1, 0.15) is 11.4 Å². The zero-order chi connectivity index (χ0) is 24.3. The maximum absolute atomic E-state index is 13.2. The van der Waals surface area contributed by atoms with Gasteiger partial charge in [0.2, 0.25) is 0 Å². The lowest BCUT2D eigenvalue weighted by atomic mass is 9.78. The van der Waals surface area contributed by atoms with Crippen LogP contribution in [0.5, 0.6) is 0 Å². The van der Waals surface area contributed by atoms with Crippen molar-refractivity contribution in [3.05, 3.63) is 41.8 Å². The monoisotopic (exact) mass is 456 g/mol. The molecule has 1 fully saturated rings. The summed E-state index contributed by atoms with van der Waals surface area (Å²) in [6, 6.07) is 7.58. The van der Waals surface area contributed by atoms with E-state index in [9.17, 15) is 24.3 Å². The normalized spacial score (nSPS) is 20.6. The van der Waals surface area contributed by atoms with Crippen LogP contribution in [0.3, 0.4) is 0 Å². The molecule has 3 rings (SSSR count). The molecular formula is C23H29FN6O3. The molecule has 4 N–H and O–H groups in total. The highest BCUT2D eigenvalue weighted by Gasteiger charge is 2.36. The third kappa shape index (κ3) is 5.61. The van der Waals surface area contributed by atoms with Crippen LogP contribution >= 0.6 is 0 Å². The molecule has 0 bridgehead atoms. The number of carbonyl (C=O) groups excluding carboxylic acids is 1. The lowest BCUT2D eigenvalue weighted by molar-refractivity contribution is 0.0740. The van der Waals surface area contributed by atoms with Crippen LogP contribution in [0.4, 0.5) is 20.7 Å². The van der Waals surface area contributed by atoms with Gasteiger partial charge in [0.05, 0.1) is 18.0 Å². The maximum atomic E-state index is 13.2. The van der Waals surface area contributed by atoms with Gasteiger partial charge in [-0.2, -0.15) is 10.4 Å². The topological polar surface area (TPSA) is 137 Å².